The van der Waals surface area contributed by atoms with Crippen molar-refractivity contribution in [1.82, 2.24) is 19.9 Å². The van der Waals surface area contributed by atoms with E-state index in [1.165, 1.54) is 37.3 Å². The summed E-state index contributed by atoms with van der Waals surface area (Å²) in [4.78, 5) is 26.2. The largest absolute Gasteiger partial charge is 0.366 e. The highest BCUT2D eigenvalue weighted by Gasteiger charge is 2.23. The van der Waals surface area contributed by atoms with Crippen LogP contribution in [-0.2, 0) is 4.79 Å². The molecule has 0 unspecified atom stereocenters. The number of H-pyrrole nitrogens is 1. The van der Waals surface area contributed by atoms with Crippen molar-refractivity contribution in [3.05, 3.63) is 30.6 Å². The number of piperidine rings is 1. The summed E-state index contributed by atoms with van der Waals surface area (Å²) in [5.74, 6) is 1.47. The maximum absolute atomic E-state index is 11.7. The first-order chi connectivity index (χ1) is 12.2. The first kappa shape index (κ1) is 16.1. The lowest BCUT2D eigenvalue weighted by molar-refractivity contribution is -0.126. The summed E-state index contributed by atoms with van der Waals surface area (Å²) in [5.41, 5.74) is 3.20. The van der Waals surface area contributed by atoms with Gasteiger partial charge in [0, 0.05) is 30.9 Å². The van der Waals surface area contributed by atoms with Crippen molar-refractivity contribution in [2.45, 2.75) is 50.5 Å². The van der Waals surface area contributed by atoms with Crippen LogP contribution in [0.3, 0.4) is 0 Å². The number of rotatable bonds is 4. The molecule has 0 bridgehead atoms. The van der Waals surface area contributed by atoms with Crippen LogP contribution in [0.2, 0.25) is 0 Å². The Balaban J connectivity index is 1.46. The number of carbonyl (C=O) groups excluding carboxylic acids is 1. The Morgan fingerprint density at radius 2 is 2.04 bits per heavy atom. The van der Waals surface area contributed by atoms with Gasteiger partial charge < -0.3 is 15.2 Å². The minimum Gasteiger partial charge on any atom is -0.366 e. The number of likely N-dealkylation sites (tertiary alicyclic amines) is 1. The molecule has 0 spiro atoms. The van der Waals surface area contributed by atoms with E-state index in [2.05, 4.69) is 28.1 Å². The average Bonchev–Trinajstić information content (AvgIpc) is 3.30. The molecule has 6 nitrogen and oxygen atoms in total. The van der Waals surface area contributed by atoms with Crippen molar-refractivity contribution in [1.29, 1.82) is 0 Å². The van der Waals surface area contributed by atoms with Gasteiger partial charge in [-0.1, -0.05) is 19.4 Å². The van der Waals surface area contributed by atoms with E-state index in [0.717, 1.165) is 42.9 Å². The van der Waals surface area contributed by atoms with E-state index < -0.39 is 0 Å². The molecule has 3 heterocycles. The molecule has 2 N–H and O–H groups in total. The predicted octanol–water partition coefficient (Wildman–Crippen LogP) is 3.20. The van der Waals surface area contributed by atoms with Crippen molar-refractivity contribution < 1.29 is 4.79 Å². The Morgan fingerprint density at radius 3 is 2.76 bits per heavy atom. The van der Waals surface area contributed by atoms with Crippen molar-refractivity contribution in [3.63, 3.8) is 0 Å². The zero-order chi connectivity index (χ0) is 17.2. The lowest BCUT2D eigenvalue weighted by Gasteiger charge is -2.31. The molecule has 0 radical (unpaired) electrons. The Kier molecular flexibility index (Phi) is 4.42. The number of nitrogens with zero attached hydrogens (tertiary/aromatic N) is 3. The fraction of sp³-hybridized carbons (Fsp3) is 0.526. The van der Waals surface area contributed by atoms with E-state index in [4.69, 9.17) is 4.98 Å². The van der Waals surface area contributed by atoms with Gasteiger partial charge in [-0.3, -0.25) is 4.79 Å². The molecule has 1 saturated carbocycles. The van der Waals surface area contributed by atoms with Gasteiger partial charge in [0.2, 0.25) is 5.91 Å². The van der Waals surface area contributed by atoms with Crippen LogP contribution in [0.4, 0.5) is 5.82 Å². The summed E-state index contributed by atoms with van der Waals surface area (Å²) in [6.45, 7) is 5.08. The molecule has 0 aromatic carbocycles. The number of carbonyl (C=O) groups is 1. The van der Waals surface area contributed by atoms with Gasteiger partial charge in [0.25, 0.3) is 0 Å². The van der Waals surface area contributed by atoms with Gasteiger partial charge in [-0.15, -0.1) is 0 Å². The number of hydrogen-bond donors (Lipinski definition) is 2. The lowest BCUT2D eigenvalue weighted by atomic mass is 10.00. The van der Waals surface area contributed by atoms with Gasteiger partial charge in [-0.2, -0.15) is 0 Å². The Labute approximate surface area is 147 Å². The second-order valence-corrected chi connectivity index (χ2v) is 7.13. The smallest absolute Gasteiger partial charge is 0.245 e. The summed E-state index contributed by atoms with van der Waals surface area (Å²) in [7, 11) is 0. The van der Waals surface area contributed by atoms with Gasteiger partial charge in [0.05, 0.1) is 6.20 Å². The number of nitrogens with one attached hydrogen (secondary N) is 2. The number of aromatic amines is 1. The van der Waals surface area contributed by atoms with Crippen LogP contribution >= 0.6 is 0 Å². The van der Waals surface area contributed by atoms with Gasteiger partial charge in [0.15, 0.2) is 5.65 Å². The normalized spacial score (nSPS) is 19.4. The number of anilines is 1. The topological polar surface area (TPSA) is 73.9 Å². The summed E-state index contributed by atoms with van der Waals surface area (Å²) < 4.78 is 0. The van der Waals surface area contributed by atoms with E-state index >= 15 is 0 Å². The van der Waals surface area contributed by atoms with Crippen LogP contribution in [0.15, 0.2) is 25.0 Å². The third-order valence-corrected chi connectivity index (χ3v) is 5.54. The first-order valence-electron chi connectivity index (χ1n) is 9.26. The quantitative estimate of drug-likeness (QED) is 0.839. The van der Waals surface area contributed by atoms with Gasteiger partial charge in [0.1, 0.15) is 11.3 Å². The van der Waals surface area contributed by atoms with Crippen LogP contribution in [0.25, 0.3) is 11.2 Å². The fourth-order valence-corrected chi connectivity index (χ4v) is 4.11. The van der Waals surface area contributed by atoms with Gasteiger partial charge >= 0.3 is 0 Å². The van der Waals surface area contributed by atoms with Gasteiger partial charge in [-0.05, 0) is 37.7 Å². The number of amides is 1. The molecule has 25 heavy (non-hydrogen) atoms. The van der Waals surface area contributed by atoms with Crippen molar-refractivity contribution in [3.8, 4) is 0 Å². The molecule has 1 aliphatic carbocycles. The molecule has 132 valence electrons. The summed E-state index contributed by atoms with van der Waals surface area (Å²) in [6, 6.07) is 0.328. The molecule has 1 saturated heterocycles. The minimum atomic E-state index is 0.0215. The lowest BCUT2D eigenvalue weighted by Crippen LogP contribution is -2.41. The van der Waals surface area contributed by atoms with E-state index in [0.29, 0.717) is 12.0 Å². The second kappa shape index (κ2) is 6.86. The zero-order valence-corrected chi connectivity index (χ0v) is 14.5. The molecule has 4 rings (SSSR count). The molecular weight excluding hydrogens is 314 g/mol. The van der Waals surface area contributed by atoms with Gasteiger partial charge in [-0.25, -0.2) is 9.97 Å². The SMILES string of the molecule is C=CC(=O)N1CCC(Nc2cnc3[nH]cc(C4CCCC4)c3n2)CC1. The highest BCUT2D eigenvalue weighted by molar-refractivity contribution is 5.87. The summed E-state index contributed by atoms with van der Waals surface area (Å²) in [6.07, 6.45) is 12.2. The third-order valence-electron chi connectivity index (χ3n) is 5.54. The molecule has 1 amide bonds. The summed E-state index contributed by atoms with van der Waals surface area (Å²) in [5, 5.41) is 3.51. The zero-order valence-electron chi connectivity index (χ0n) is 14.5. The Bertz CT molecular complexity index is 769. The Hall–Kier alpha value is -2.37. The average molecular weight is 339 g/mol. The van der Waals surface area contributed by atoms with Crippen LogP contribution in [0.5, 0.6) is 0 Å². The predicted molar refractivity (Wildman–Crippen MR) is 98.5 cm³/mol. The van der Waals surface area contributed by atoms with Crippen LogP contribution in [0.1, 0.15) is 50.0 Å². The molecule has 0 atom stereocenters. The molecule has 1 aliphatic heterocycles. The van der Waals surface area contributed by atoms with Crippen molar-refractivity contribution >= 4 is 22.9 Å². The highest BCUT2D eigenvalue weighted by Crippen LogP contribution is 2.37. The highest BCUT2D eigenvalue weighted by atomic mass is 16.2. The van der Waals surface area contributed by atoms with E-state index in [-0.39, 0.29) is 5.91 Å². The molecule has 2 aromatic heterocycles. The molecule has 2 fully saturated rings. The molecule has 2 aliphatic rings. The third kappa shape index (κ3) is 3.25. The van der Waals surface area contributed by atoms with Crippen LogP contribution < -0.4 is 5.32 Å². The fourth-order valence-electron chi connectivity index (χ4n) is 4.11. The Morgan fingerprint density at radius 1 is 1.28 bits per heavy atom. The number of hydrogen-bond acceptors (Lipinski definition) is 4. The van der Waals surface area contributed by atoms with E-state index in [1.807, 2.05) is 4.90 Å². The van der Waals surface area contributed by atoms with Crippen LogP contribution in [0, 0.1) is 0 Å². The summed E-state index contributed by atoms with van der Waals surface area (Å²) >= 11 is 0. The van der Waals surface area contributed by atoms with Crippen LogP contribution in [-0.4, -0.2) is 44.9 Å². The van der Waals surface area contributed by atoms with E-state index in [9.17, 15) is 4.79 Å². The molecular formula is C19H25N5O. The second-order valence-electron chi connectivity index (χ2n) is 7.13. The maximum Gasteiger partial charge on any atom is 0.245 e. The van der Waals surface area contributed by atoms with Crippen molar-refractivity contribution in [2.24, 2.45) is 0 Å². The monoisotopic (exact) mass is 339 g/mol. The minimum absolute atomic E-state index is 0.0215. The standard InChI is InChI=1S/C19H25N5O/c1-2-17(25)24-9-7-14(8-10-24)22-16-12-21-19-18(23-16)15(11-20-19)13-5-3-4-6-13/h2,11-14H,1,3-10H2,(H,20,21)(H,22,23). The maximum atomic E-state index is 11.7. The molecule has 2 aromatic rings. The van der Waals surface area contributed by atoms with E-state index in [1.54, 1.807) is 6.20 Å². The molecule has 6 heteroatoms. The van der Waals surface area contributed by atoms with Crippen molar-refractivity contribution in [2.75, 3.05) is 18.4 Å². The number of fused-ring (bicyclic) bond motifs is 1. The number of aromatic nitrogens is 3. The first-order valence-corrected chi connectivity index (χ1v) is 9.26.